The van der Waals surface area contributed by atoms with Crippen LogP contribution >= 0.6 is 0 Å². The fourth-order valence-corrected chi connectivity index (χ4v) is 2.59. The Labute approximate surface area is 164 Å². The van der Waals surface area contributed by atoms with Gasteiger partial charge in [-0.2, -0.15) is 5.10 Å². The summed E-state index contributed by atoms with van der Waals surface area (Å²) in [6.45, 7) is 7.21. The van der Waals surface area contributed by atoms with Crippen LogP contribution in [0.2, 0.25) is 0 Å². The van der Waals surface area contributed by atoms with Gasteiger partial charge in [0.2, 0.25) is 5.91 Å². The van der Waals surface area contributed by atoms with Gasteiger partial charge in [0.1, 0.15) is 12.4 Å². The van der Waals surface area contributed by atoms with Gasteiger partial charge in [-0.25, -0.2) is 4.98 Å². The van der Waals surface area contributed by atoms with Crippen molar-refractivity contribution in [2.45, 2.75) is 45.8 Å². The number of carbonyl (C=O) groups is 1. The van der Waals surface area contributed by atoms with Crippen LogP contribution in [-0.2, 0) is 29.8 Å². The summed E-state index contributed by atoms with van der Waals surface area (Å²) in [4.78, 5) is 20.4. The molecule has 1 amide bonds. The van der Waals surface area contributed by atoms with E-state index in [2.05, 4.69) is 58.4 Å². The molecule has 7 nitrogen and oxygen atoms in total. The molecule has 1 aromatic carbocycles. The number of ether oxygens (including phenoxy) is 1. The molecule has 0 unspecified atom stereocenters. The van der Waals surface area contributed by atoms with Crippen LogP contribution < -0.4 is 10.1 Å². The third kappa shape index (κ3) is 5.64. The molecule has 2 aromatic heterocycles. The molecule has 28 heavy (non-hydrogen) atoms. The molecule has 0 fully saturated rings. The fourth-order valence-electron chi connectivity index (χ4n) is 2.59. The Morgan fingerprint density at radius 2 is 1.96 bits per heavy atom. The molecule has 0 atom stereocenters. The number of pyridine rings is 1. The summed E-state index contributed by atoms with van der Waals surface area (Å²) >= 11 is 0. The Bertz CT molecular complexity index is 899. The van der Waals surface area contributed by atoms with Crippen molar-refractivity contribution >= 4 is 5.91 Å². The van der Waals surface area contributed by atoms with Crippen LogP contribution in [0, 0.1) is 0 Å². The Hall–Kier alpha value is -3.22. The molecular formula is C21H25N5O2. The largest absolute Gasteiger partial charge is 0.486 e. The second kappa shape index (κ2) is 8.65. The lowest BCUT2D eigenvalue weighted by Crippen LogP contribution is -2.25. The van der Waals surface area contributed by atoms with Crippen LogP contribution in [0.3, 0.4) is 0 Å². The summed E-state index contributed by atoms with van der Waals surface area (Å²) in [5.41, 5.74) is 2.30. The van der Waals surface area contributed by atoms with Gasteiger partial charge < -0.3 is 10.1 Å². The SMILES string of the molecule is CC(C)(C)c1ccc(OCc2nc(CC(=O)NCc3cccnc3)n[nH]2)cc1. The van der Waals surface area contributed by atoms with Gasteiger partial charge in [0.25, 0.3) is 0 Å². The number of nitrogens with zero attached hydrogens (tertiary/aromatic N) is 3. The Morgan fingerprint density at radius 3 is 2.64 bits per heavy atom. The van der Waals surface area contributed by atoms with Crippen LogP contribution in [-0.4, -0.2) is 26.1 Å². The zero-order valence-electron chi connectivity index (χ0n) is 16.4. The molecule has 0 saturated heterocycles. The van der Waals surface area contributed by atoms with Gasteiger partial charge in [0.05, 0.1) is 6.42 Å². The standard InChI is InChI=1S/C21H25N5O2/c1-21(2,3)16-6-8-17(9-7-16)28-14-19-24-18(25-26-19)11-20(27)23-13-15-5-4-10-22-12-15/h4-10,12H,11,13-14H2,1-3H3,(H,23,27)(H,24,25,26). The minimum Gasteiger partial charge on any atom is -0.486 e. The number of aromatic amines is 1. The van der Waals surface area contributed by atoms with Crippen molar-refractivity contribution in [1.82, 2.24) is 25.5 Å². The molecule has 0 bridgehead atoms. The number of aromatic nitrogens is 4. The quantitative estimate of drug-likeness (QED) is 0.658. The second-order valence-corrected chi connectivity index (χ2v) is 7.58. The van der Waals surface area contributed by atoms with Crippen LogP contribution in [0.4, 0.5) is 0 Å². The maximum atomic E-state index is 12.0. The van der Waals surface area contributed by atoms with Crippen LogP contribution in [0.25, 0.3) is 0 Å². The van der Waals surface area contributed by atoms with E-state index in [1.165, 1.54) is 5.56 Å². The van der Waals surface area contributed by atoms with E-state index in [1.54, 1.807) is 12.4 Å². The number of hydrogen-bond acceptors (Lipinski definition) is 5. The molecule has 0 spiro atoms. The van der Waals surface area contributed by atoms with Crippen LogP contribution in [0.5, 0.6) is 5.75 Å². The van der Waals surface area contributed by atoms with Crippen molar-refractivity contribution in [1.29, 1.82) is 0 Å². The Kier molecular flexibility index (Phi) is 6.03. The summed E-state index contributed by atoms with van der Waals surface area (Å²) in [7, 11) is 0. The molecule has 3 aromatic rings. The van der Waals surface area contributed by atoms with Gasteiger partial charge in [-0.3, -0.25) is 14.9 Å². The van der Waals surface area contributed by atoms with Gasteiger partial charge in [-0.1, -0.05) is 39.0 Å². The number of H-pyrrole nitrogens is 1. The number of nitrogens with one attached hydrogen (secondary N) is 2. The lowest BCUT2D eigenvalue weighted by Gasteiger charge is -2.19. The normalized spacial score (nSPS) is 11.2. The number of benzene rings is 1. The lowest BCUT2D eigenvalue weighted by molar-refractivity contribution is -0.120. The van der Waals surface area contributed by atoms with E-state index >= 15 is 0 Å². The summed E-state index contributed by atoms with van der Waals surface area (Å²) in [5, 5.41) is 9.72. The van der Waals surface area contributed by atoms with Crippen molar-refractivity contribution in [3.8, 4) is 5.75 Å². The van der Waals surface area contributed by atoms with Gasteiger partial charge in [0.15, 0.2) is 11.6 Å². The zero-order chi connectivity index (χ0) is 20.0. The molecule has 0 saturated carbocycles. The van der Waals surface area contributed by atoms with Crippen molar-refractivity contribution in [3.63, 3.8) is 0 Å². The first kappa shape index (κ1) is 19.5. The summed E-state index contributed by atoms with van der Waals surface area (Å²) in [5.74, 6) is 1.63. The number of hydrogen-bond donors (Lipinski definition) is 2. The number of rotatable bonds is 7. The van der Waals surface area contributed by atoms with E-state index in [9.17, 15) is 4.79 Å². The van der Waals surface area contributed by atoms with Crippen molar-refractivity contribution in [2.75, 3.05) is 0 Å². The summed E-state index contributed by atoms with van der Waals surface area (Å²) < 4.78 is 5.74. The highest BCUT2D eigenvalue weighted by Gasteiger charge is 2.13. The van der Waals surface area contributed by atoms with E-state index in [1.807, 2.05) is 24.3 Å². The monoisotopic (exact) mass is 379 g/mol. The third-order valence-electron chi connectivity index (χ3n) is 4.21. The van der Waals surface area contributed by atoms with E-state index in [-0.39, 0.29) is 24.3 Å². The molecule has 146 valence electrons. The highest BCUT2D eigenvalue weighted by molar-refractivity contribution is 5.77. The third-order valence-corrected chi connectivity index (χ3v) is 4.21. The predicted molar refractivity (Wildman–Crippen MR) is 106 cm³/mol. The number of carbonyl (C=O) groups excluding carboxylic acids is 1. The molecule has 0 radical (unpaired) electrons. The molecular weight excluding hydrogens is 354 g/mol. The summed E-state index contributed by atoms with van der Waals surface area (Å²) in [6, 6.07) is 11.8. The molecule has 7 heteroatoms. The van der Waals surface area contributed by atoms with E-state index in [0.717, 1.165) is 11.3 Å². The minimum atomic E-state index is -0.145. The smallest absolute Gasteiger partial charge is 0.228 e. The minimum absolute atomic E-state index is 0.107. The Morgan fingerprint density at radius 1 is 1.18 bits per heavy atom. The molecule has 2 heterocycles. The fraction of sp³-hybridized carbons (Fsp3) is 0.333. The van der Waals surface area contributed by atoms with Crippen molar-refractivity contribution < 1.29 is 9.53 Å². The van der Waals surface area contributed by atoms with Crippen molar-refractivity contribution in [2.24, 2.45) is 0 Å². The molecule has 0 aliphatic heterocycles. The maximum Gasteiger partial charge on any atom is 0.228 e. The number of amides is 1. The average Bonchev–Trinajstić information content (AvgIpc) is 3.12. The van der Waals surface area contributed by atoms with Crippen molar-refractivity contribution in [3.05, 3.63) is 71.6 Å². The second-order valence-electron chi connectivity index (χ2n) is 7.58. The first-order valence-electron chi connectivity index (χ1n) is 9.19. The van der Waals surface area contributed by atoms with Gasteiger partial charge >= 0.3 is 0 Å². The van der Waals surface area contributed by atoms with Crippen LogP contribution in [0.15, 0.2) is 48.8 Å². The molecule has 0 aliphatic rings. The topological polar surface area (TPSA) is 92.8 Å². The highest BCUT2D eigenvalue weighted by atomic mass is 16.5. The first-order valence-corrected chi connectivity index (χ1v) is 9.19. The zero-order valence-corrected chi connectivity index (χ0v) is 16.4. The van der Waals surface area contributed by atoms with Gasteiger partial charge in [-0.05, 0) is 34.7 Å². The molecule has 2 N–H and O–H groups in total. The van der Waals surface area contributed by atoms with E-state index < -0.39 is 0 Å². The maximum absolute atomic E-state index is 12.0. The van der Waals surface area contributed by atoms with Gasteiger partial charge in [-0.15, -0.1) is 0 Å². The predicted octanol–water partition coefficient (Wildman–Crippen LogP) is 2.94. The summed E-state index contributed by atoms with van der Waals surface area (Å²) in [6.07, 6.45) is 3.52. The Balaban J connectivity index is 1.46. The van der Waals surface area contributed by atoms with Crippen LogP contribution in [0.1, 0.15) is 43.5 Å². The van der Waals surface area contributed by atoms with E-state index in [4.69, 9.17) is 4.74 Å². The average molecular weight is 379 g/mol. The molecule has 0 aliphatic carbocycles. The molecule has 3 rings (SSSR count). The highest BCUT2D eigenvalue weighted by Crippen LogP contribution is 2.24. The van der Waals surface area contributed by atoms with Gasteiger partial charge in [0, 0.05) is 18.9 Å². The van der Waals surface area contributed by atoms with E-state index in [0.29, 0.717) is 18.2 Å². The first-order chi connectivity index (χ1) is 13.4. The lowest BCUT2D eigenvalue weighted by atomic mass is 9.87.